The van der Waals surface area contributed by atoms with Gasteiger partial charge in [-0.2, -0.15) is 0 Å². The molecule has 2 aliphatic rings. The highest BCUT2D eigenvalue weighted by Gasteiger charge is 2.42. The van der Waals surface area contributed by atoms with Crippen LogP contribution in [-0.4, -0.2) is 50.3 Å². The molecule has 140 valence electrons. The first-order chi connectivity index (χ1) is 11.6. The molecule has 0 saturated carbocycles. The molecule has 2 fully saturated rings. The lowest BCUT2D eigenvalue weighted by Gasteiger charge is -2.41. The smallest absolute Gasteiger partial charge is 0.230 e. The van der Waals surface area contributed by atoms with Crippen molar-refractivity contribution in [3.05, 3.63) is 35.4 Å². The van der Waals surface area contributed by atoms with Crippen LogP contribution in [-0.2, 0) is 14.3 Å². The number of halogens is 3. The molecule has 1 aromatic carbocycles. The van der Waals surface area contributed by atoms with E-state index < -0.39 is 23.2 Å². The Kier molecular flexibility index (Phi) is 6.73. The van der Waals surface area contributed by atoms with Gasteiger partial charge < -0.3 is 20.1 Å². The molecule has 0 aromatic heterocycles. The number of nitrogens with two attached hydrogens (primary N) is 1. The number of ether oxygens (including phenoxy) is 2. The van der Waals surface area contributed by atoms with Crippen molar-refractivity contribution in [1.82, 2.24) is 4.90 Å². The number of carbonyl (C=O) groups is 1. The summed E-state index contributed by atoms with van der Waals surface area (Å²) in [6, 6.07) is 3.69. The molecule has 0 aliphatic carbocycles. The van der Waals surface area contributed by atoms with Crippen LogP contribution in [0.15, 0.2) is 18.2 Å². The largest absolute Gasteiger partial charge is 0.381 e. The lowest BCUT2D eigenvalue weighted by Crippen LogP contribution is -2.54. The fourth-order valence-electron chi connectivity index (χ4n) is 3.35. The molecule has 1 amide bonds. The Bertz CT molecular complexity index is 612. The number of nitrogens with zero attached hydrogens (tertiary/aromatic N) is 1. The first kappa shape index (κ1) is 20.0. The van der Waals surface area contributed by atoms with E-state index in [0.717, 1.165) is 12.1 Å². The summed E-state index contributed by atoms with van der Waals surface area (Å²) in [5.41, 5.74) is 5.84. The number of morpholine rings is 1. The van der Waals surface area contributed by atoms with Crippen LogP contribution in [0, 0.1) is 17.0 Å². The van der Waals surface area contributed by atoms with Crippen molar-refractivity contribution < 1.29 is 23.0 Å². The molecule has 0 radical (unpaired) electrons. The van der Waals surface area contributed by atoms with E-state index >= 15 is 0 Å². The molecule has 2 saturated heterocycles. The highest BCUT2D eigenvalue weighted by molar-refractivity contribution is 5.85. The summed E-state index contributed by atoms with van der Waals surface area (Å²) in [5.74, 6) is -1.81. The van der Waals surface area contributed by atoms with Gasteiger partial charge in [0.2, 0.25) is 5.91 Å². The van der Waals surface area contributed by atoms with Crippen LogP contribution in [0.3, 0.4) is 0 Å². The Morgan fingerprint density at radius 3 is 2.60 bits per heavy atom. The van der Waals surface area contributed by atoms with Gasteiger partial charge in [0.15, 0.2) is 11.6 Å². The molecule has 1 aromatic rings. The average Bonchev–Trinajstić information content (AvgIpc) is 2.64. The summed E-state index contributed by atoms with van der Waals surface area (Å²) in [6.07, 6.45) is 0.748. The summed E-state index contributed by atoms with van der Waals surface area (Å²) in [5, 5.41) is 0. The van der Waals surface area contributed by atoms with E-state index in [1.807, 2.05) is 0 Å². The first-order valence-electron chi connectivity index (χ1n) is 8.19. The molecule has 5 nitrogen and oxygen atoms in total. The molecule has 8 heteroatoms. The zero-order valence-electron chi connectivity index (χ0n) is 13.9. The SMILES string of the molecule is Cl.NCC1(C(=O)N2CCOC(c3ccc(F)c(F)c3)C2)CCOCC1. The van der Waals surface area contributed by atoms with Crippen molar-refractivity contribution in [2.24, 2.45) is 11.1 Å². The van der Waals surface area contributed by atoms with Crippen LogP contribution in [0.1, 0.15) is 24.5 Å². The van der Waals surface area contributed by atoms with E-state index in [-0.39, 0.29) is 24.9 Å². The summed E-state index contributed by atoms with van der Waals surface area (Å²) >= 11 is 0. The maximum Gasteiger partial charge on any atom is 0.230 e. The Balaban J connectivity index is 0.00000225. The second-order valence-electron chi connectivity index (χ2n) is 6.38. The Hall–Kier alpha value is -1.28. The Labute approximate surface area is 151 Å². The van der Waals surface area contributed by atoms with Crippen molar-refractivity contribution >= 4 is 18.3 Å². The maximum atomic E-state index is 13.5. The van der Waals surface area contributed by atoms with E-state index in [2.05, 4.69) is 0 Å². The van der Waals surface area contributed by atoms with E-state index in [0.29, 0.717) is 51.3 Å². The van der Waals surface area contributed by atoms with Crippen molar-refractivity contribution in [2.45, 2.75) is 18.9 Å². The molecule has 2 N–H and O–H groups in total. The predicted molar refractivity (Wildman–Crippen MR) is 90.4 cm³/mol. The van der Waals surface area contributed by atoms with Crippen molar-refractivity contribution in [3.63, 3.8) is 0 Å². The van der Waals surface area contributed by atoms with Gasteiger partial charge >= 0.3 is 0 Å². The van der Waals surface area contributed by atoms with Crippen molar-refractivity contribution in [3.8, 4) is 0 Å². The molecule has 0 spiro atoms. The summed E-state index contributed by atoms with van der Waals surface area (Å²) in [6.45, 7) is 2.48. The standard InChI is InChI=1S/C17H22F2N2O3.ClH/c18-13-2-1-12(9-14(13)19)15-10-21(5-8-24-15)16(22)17(11-20)3-6-23-7-4-17;/h1-2,9,15H,3-8,10-11,20H2;1H. The molecule has 1 unspecified atom stereocenters. The third-order valence-electron chi connectivity index (χ3n) is 4.96. The number of hydrogen-bond donors (Lipinski definition) is 1. The fraction of sp³-hybridized carbons (Fsp3) is 0.588. The van der Waals surface area contributed by atoms with Crippen LogP contribution in [0.5, 0.6) is 0 Å². The third kappa shape index (κ3) is 4.11. The number of rotatable bonds is 3. The molecule has 0 bridgehead atoms. The van der Waals surface area contributed by atoms with Crippen LogP contribution in [0.25, 0.3) is 0 Å². The fourth-order valence-corrected chi connectivity index (χ4v) is 3.35. The Morgan fingerprint density at radius 1 is 1.24 bits per heavy atom. The van der Waals surface area contributed by atoms with E-state index in [4.69, 9.17) is 15.2 Å². The summed E-state index contributed by atoms with van der Waals surface area (Å²) in [4.78, 5) is 14.7. The number of carbonyl (C=O) groups excluding carboxylic acids is 1. The maximum absolute atomic E-state index is 13.5. The molecule has 3 rings (SSSR count). The van der Waals surface area contributed by atoms with E-state index in [9.17, 15) is 13.6 Å². The minimum Gasteiger partial charge on any atom is -0.381 e. The summed E-state index contributed by atoms with van der Waals surface area (Å²) in [7, 11) is 0. The molecule has 2 heterocycles. The van der Waals surface area contributed by atoms with E-state index in [1.165, 1.54) is 6.07 Å². The average molecular weight is 377 g/mol. The topological polar surface area (TPSA) is 64.8 Å². The van der Waals surface area contributed by atoms with Gasteiger partial charge in [0.25, 0.3) is 0 Å². The lowest BCUT2D eigenvalue weighted by molar-refractivity contribution is -0.154. The van der Waals surface area contributed by atoms with Gasteiger partial charge in [0.05, 0.1) is 18.6 Å². The Morgan fingerprint density at radius 2 is 1.96 bits per heavy atom. The zero-order valence-corrected chi connectivity index (χ0v) is 14.7. The minimum atomic E-state index is -0.914. The second kappa shape index (κ2) is 8.40. The highest BCUT2D eigenvalue weighted by Crippen LogP contribution is 2.33. The molecule has 25 heavy (non-hydrogen) atoms. The van der Waals surface area contributed by atoms with Gasteiger partial charge in [-0.25, -0.2) is 8.78 Å². The van der Waals surface area contributed by atoms with Crippen LogP contribution in [0.2, 0.25) is 0 Å². The number of amides is 1. The van der Waals surface area contributed by atoms with Gasteiger partial charge in [0.1, 0.15) is 6.10 Å². The normalized spacial score (nSPS) is 23.0. The van der Waals surface area contributed by atoms with Crippen molar-refractivity contribution in [1.29, 1.82) is 0 Å². The van der Waals surface area contributed by atoms with Gasteiger partial charge in [-0.15, -0.1) is 12.4 Å². The van der Waals surface area contributed by atoms with Gasteiger partial charge in [-0.1, -0.05) is 6.07 Å². The first-order valence-corrected chi connectivity index (χ1v) is 8.19. The van der Waals surface area contributed by atoms with E-state index in [1.54, 1.807) is 4.90 Å². The van der Waals surface area contributed by atoms with Gasteiger partial charge in [0, 0.05) is 26.3 Å². The monoisotopic (exact) mass is 376 g/mol. The van der Waals surface area contributed by atoms with Crippen LogP contribution in [0.4, 0.5) is 8.78 Å². The quantitative estimate of drug-likeness (QED) is 0.876. The van der Waals surface area contributed by atoms with Gasteiger partial charge in [-0.3, -0.25) is 4.79 Å². The highest BCUT2D eigenvalue weighted by atomic mass is 35.5. The molecule has 2 aliphatic heterocycles. The predicted octanol–water partition coefficient (Wildman–Crippen LogP) is 2.04. The molecular formula is C17H23ClF2N2O3. The van der Waals surface area contributed by atoms with Gasteiger partial charge in [-0.05, 0) is 30.5 Å². The van der Waals surface area contributed by atoms with Crippen LogP contribution >= 0.6 is 12.4 Å². The number of hydrogen-bond acceptors (Lipinski definition) is 4. The summed E-state index contributed by atoms with van der Waals surface area (Å²) < 4.78 is 37.6. The minimum absolute atomic E-state index is 0. The van der Waals surface area contributed by atoms with Crippen molar-refractivity contribution in [2.75, 3.05) is 39.5 Å². The number of benzene rings is 1. The third-order valence-corrected chi connectivity index (χ3v) is 4.96. The lowest BCUT2D eigenvalue weighted by atomic mass is 9.78. The second-order valence-corrected chi connectivity index (χ2v) is 6.38. The molecule has 1 atom stereocenters. The van der Waals surface area contributed by atoms with Crippen LogP contribution < -0.4 is 5.73 Å². The zero-order chi connectivity index (χ0) is 17.2. The molecular weight excluding hydrogens is 354 g/mol.